The molecule has 1 amide bonds. The van der Waals surface area contributed by atoms with Gasteiger partial charge in [-0.3, -0.25) is 4.79 Å². The molecule has 4 heteroatoms. The summed E-state index contributed by atoms with van der Waals surface area (Å²) in [6.07, 6.45) is 5.82. The Morgan fingerprint density at radius 2 is 1.79 bits per heavy atom. The van der Waals surface area contributed by atoms with E-state index in [0.29, 0.717) is 17.4 Å². The average molecular weight is 414 g/mol. The highest BCUT2D eigenvalue weighted by molar-refractivity contribution is 6.30. The van der Waals surface area contributed by atoms with Crippen LogP contribution in [0.2, 0.25) is 10.0 Å². The van der Waals surface area contributed by atoms with Crippen LogP contribution in [0, 0.1) is 11.8 Å². The number of carbonyl (C=O) groups is 1. The van der Waals surface area contributed by atoms with Crippen LogP contribution in [0.5, 0.6) is 0 Å². The Balaban J connectivity index is 1.79. The molecule has 2 aromatic carbocycles. The van der Waals surface area contributed by atoms with Crippen molar-refractivity contribution in [2.45, 2.75) is 37.6 Å². The van der Waals surface area contributed by atoms with Gasteiger partial charge in [0.15, 0.2) is 0 Å². The fraction of sp³-hybridized carbons (Fsp3) is 0.375. The Morgan fingerprint density at radius 3 is 2.43 bits per heavy atom. The minimum absolute atomic E-state index is 0.00454. The van der Waals surface area contributed by atoms with Gasteiger partial charge in [0.1, 0.15) is 0 Å². The number of allylic oxidation sites excluding steroid dienone is 1. The maximum Gasteiger partial charge on any atom is 0.226 e. The Morgan fingerprint density at radius 1 is 1.04 bits per heavy atom. The molecule has 28 heavy (non-hydrogen) atoms. The summed E-state index contributed by atoms with van der Waals surface area (Å²) in [5, 5.41) is 1.45. The lowest BCUT2D eigenvalue weighted by Gasteiger charge is -2.45. The number of likely N-dealkylation sites (tertiary alicyclic amines) is 1. The molecule has 2 nitrogen and oxygen atoms in total. The molecule has 2 fully saturated rings. The third kappa shape index (κ3) is 4.14. The van der Waals surface area contributed by atoms with Crippen LogP contribution in [-0.4, -0.2) is 17.4 Å². The van der Waals surface area contributed by atoms with Gasteiger partial charge in [-0.05, 0) is 67.0 Å². The maximum atomic E-state index is 13.4. The van der Waals surface area contributed by atoms with Crippen LogP contribution in [0.4, 0.5) is 0 Å². The molecule has 0 radical (unpaired) electrons. The third-order valence-electron chi connectivity index (χ3n) is 5.98. The summed E-state index contributed by atoms with van der Waals surface area (Å²) in [4.78, 5) is 15.5. The van der Waals surface area contributed by atoms with Gasteiger partial charge < -0.3 is 4.90 Å². The smallest absolute Gasteiger partial charge is 0.226 e. The fourth-order valence-electron chi connectivity index (χ4n) is 4.43. The van der Waals surface area contributed by atoms with E-state index in [4.69, 9.17) is 23.2 Å². The topological polar surface area (TPSA) is 20.3 Å². The molecule has 0 spiro atoms. The first-order valence-electron chi connectivity index (χ1n) is 9.99. The zero-order valence-corrected chi connectivity index (χ0v) is 17.4. The lowest BCUT2D eigenvalue weighted by molar-refractivity contribution is -0.143. The van der Waals surface area contributed by atoms with Crippen LogP contribution >= 0.6 is 23.2 Å². The molecule has 1 saturated carbocycles. The number of piperidine rings is 1. The van der Waals surface area contributed by atoms with E-state index in [1.54, 1.807) is 0 Å². The van der Waals surface area contributed by atoms with Crippen LogP contribution in [0.1, 0.15) is 48.8 Å². The second-order valence-electron chi connectivity index (χ2n) is 8.05. The number of rotatable bonds is 6. The molecule has 2 aliphatic rings. The standard InChI is InChI=1S/C24H25Cl2NO/c1-2-4-19-14-22(18-5-3-6-21(26)13-18)23(17-9-11-20(25)12-10-17)27(24(19)28)15-16-7-8-16/h2-3,5-6,9-13,16,19,22-23H,1,4,7-8,14-15H2. The van der Waals surface area contributed by atoms with Gasteiger partial charge in [-0.2, -0.15) is 0 Å². The van der Waals surface area contributed by atoms with Crippen molar-refractivity contribution in [2.75, 3.05) is 6.54 Å². The summed E-state index contributed by atoms with van der Waals surface area (Å²) in [7, 11) is 0. The molecule has 1 aliphatic carbocycles. The van der Waals surface area contributed by atoms with Crippen molar-refractivity contribution in [2.24, 2.45) is 11.8 Å². The summed E-state index contributed by atoms with van der Waals surface area (Å²) in [5.74, 6) is 1.05. The molecule has 1 aliphatic heterocycles. The molecular formula is C24H25Cl2NO. The van der Waals surface area contributed by atoms with Gasteiger partial charge in [0.25, 0.3) is 0 Å². The van der Waals surface area contributed by atoms with Gasteiger partial charge in [-0.1, -0.05) is 53.5 Å². The monoisotopic (exact) mass is 413 g/mol. The molecule has 1 saturated heterocycles. The summed E-state index contributed by atoms with van der Waals surface area (Å²) in [6.45, 7) is 4.71. The van der Waals surface area contributed by atoms with Crippen molar-refractivity contribution < 1.29 is 4.79 Å². The van der Waals surface area contributed by atoms with Crippen molar-refractivity contribution >= 4 is 29.1 Å². The van der Waals surface area contributed by atoms with Crippen molar-refractivity contribution in [3.8, 4) is 0 Å². The molecule has 4 rings (SSSR count). The van der Waals surface area contributed by atoms with Gasteiger partial charge in [-0.15, -0.1) is 6.58 Å². The predicted molar refractivity (Wildman–Crippen MR) is 116 cm³/mol. The second kappa shape index (κ2) is 8.31. The molecular weight excluding hydrogens is 389 g/mol. The summed E-state index contributed by atoms with van der Waals surface area (Å²) in [5.41, 5.74) is 2.33. The average Bonchev–Trinajstić information content (AvgIpc) is 3.50. The van der Waals surface area contributed by atoms with Gasteiger partial charge in [0.05, 0.1) is 6.04 Å². The number of carbonyl (C=O) groups excluding carboxylic acids is 1. The number of benzene rings is 2. The lowest BCUT2D eigenvalue weighted by Crippen LogP contribution is -2.47. The third-order valence-corrected chi connectivity index (χ3v) is 6.47. The van der Waals surface area contributed by atoms with Crippen molar-refractivity contribution in [3.05, 3.63) is 82.4 Å². The van der Waals surface area contributed by atoms with Gasteiger partial charge in [0, 0.05) is 28.4 Å². The number of hydrogen-bond donors (Lipinski definition) is 0. The number of halogens is 2. The first-order chi connectivity index (χ1) is 13.6. The van der Waals surface area contributed by atoms with Gasteiger partial charge >= 0.3 is 0 Å². The zero-order chi connectivity index (χ0) is 19.7. The van der Waals surface area contributed by atoms with E-state index in [0.717, 1.165) is 23.6 Å². The zero-order valence-electron chi connectivity index (χ0n) is 15.9. The minimum atomic E-state index is -0.0243. The van der Waals surface area contributed by atoms with E-state index in [1.807, 2.05) is 36.4 Å². The van der Waals surface area contributed by atoms with Gasteiger partial charge in [-0.25, -0.2) is 0 Å². The number of hydrogen-bond acceptors (Lipinski definition) is 1. The van der Waals surface area contributed by atoms with Gasteiger partial charge in [0.2, 0.25) is 5.91 Å². The highest BCUT2D eigenvalue weighted by atomic mass is 35.5. The van der Waals surface area contributed by atoms with E-state index in [2.05, 4.69) is 29.7 Å². The largest absolute Gasteiger partial charge is 0.335 e. The highest BCUT2D eigenvalue weighted by Crippen LogP contribution is 2.48. The molecule has 3 unspecified atom stereocenters. The lowest BCUT2D eigenvalue weighted by atomic mass is 9.75. The van der Waals surface area contributed by atoms with Crippen molar-refractivity contribution in [1.82, 2.24) is 4.90 Å². The van der Waals surface area contributed by atoms with E-state index in [-0.39, 0.29) is 23.8 Å². The Hall–Kier alpha value is -1.77. The normalized spacial score (nSPS) is 25.0. The molecule has 2 aromatic rings. The van der Waals surface area contributed by atoms with Crippen molar-refractivity contribution in [3.63, 3.8) is 0 Å². The predicted octanol–water partition coefficient (Wildman–Crippen LogP) is 6.65. The number of amides is 1. The number of nitrogens with zero attached hydrogens (tertiary/aromatic N) is 1. The summed E-state index contributed by atoms with van der Waals surface area (Å²) < 4.78 is 0. The van der Waals surface area contributed by atoms with E-state index in [1.165, 1.54) is 18.4 Å². The van der Waals surface area contributed by atoms with Crippen LogP contribution in [-0.2, 0) is 4.79 Å². The molecule has 146 valence electrons. The van der Waals surface area contributed by atoms with E-state index >= 15 is 0 Å². The Labute approximate surface area is 177 Å². The van der Waals surface area contributed by atoms with Crippen molar-refractivity contribution in [1.29, 1.82) is 0 Å². The maximum absolute atomic E-state index is 13.4. The minimum Gasteiger partial charge on any atom is -0.335 e. The van der Waals surface area contributed by atoms with E-state index in [9.17, 15) is 4.79 Å². The van der Waals surface area contributed by atoms with E-state index < -0.39 is 0 Å². The molecule has 0 aromatic heterocycles. The quantitative estimate of drug-likeness (QED) is 0.485. The molecule has 1 heterocycles. The fourth-order valence-corrected chi connectivity index (χ4v) is 4.76. The highest BCUT2D eigenvalue weighted by Gasteiger charge is 2.44. The first kappa shape index (κ1) is 19.5. The summed E-state index contributed by atoms with van der Waals surface area (Å²) in [6, 6.07) is 16.0. The Kier molecular flexibility index (Phi) is 5.80. The Bertz CT molecular complexity index is 859. The molecule has 0 N–H and O–H groups in total. The van der Waals surface area contributed by atoms with Crippen LogP contribution in [0.25, 0.3) is 0 Å². The second-order valence-corrected chi connectivity index (χ2v) is 8.92. The van der Waals surface area contributed by atoms with Crippen LogP contribution in [0.3, 0.4) is 0 Å². The SMILES string of the molecule is C=CCC1CC(c2cccc(Cl)c2)C(c2ccc(Cl)cc2)N(CC2CC2)C1=O. The summed E-state index contributed by atoms with van der Waals surface area (Å²) >= 11 is 12.5. The van der Waals surface area contributed by atoms with Crippen LogP contribution in [0.15, 0.2) is 61.2 Å². The first-order valence-corrected chi connectivity index (χ1v) is 10.7. The molecule has 0 bridgehead atoms. The molecule has 3 atom stereocenters. The van der Waals surface area contributed by atoms with Crippen LogP contribution < -0.4 is 0 Å².